The lowest BCUT2D eigenvalue weighted by molar-refractivity contribution is 0.465. The van der Waals surface area contributed by atoms with Crippen molar-refractivity contribution in [2.45, 2.75) is 12.8 Å². The molecule has 1 saturated heterocycles. The lowest BCUT2D eigenvalue weighted by Crippen LogP contribution is -2.13. The maximum absolute atomic E-state index is 9.10. The van der Waals surface area contributed by atoms with Crippen LogP contribution in [-0.4, -0.2) is 33.2 Å². The molecule has 0 bridgehead atoms. The fourth-order valence-corrected chi connectivity index (χ4v) is 3.44. The van der Waals surface area contributed by atoms with Gasteiger partial charge in [0.25, 0.3) is 0 Å². The monoisotopic (exact) mass is 329 g/mol. The molecular weight excluding hydrogens is 310 g/mol. The zero-order chi connectivity index (χ0) is 17.2. The summed E-state index contributed by atoms with van der Waals surface area (Å²) >= 11 is 0. The van der Waals surface area contributed by atoms with E-state index in [2.05, 4.69) is 47.6 Å². The highest BCUT2D eigenvalue weighted by molar-refractivity contribution is 5.70. The van der Waals surface area contributed by atoms with E-state index in [0.717, 1.165) is 23.5 Å². The summed E-state index contributed by atoms with van der Waals surface area (Å²) in [6, 6.07) is 18.5. The van der Waals surface area contributed by atoms with Crippen LogP contribution in [0.15, 0.2) is 54.6 Å². The number of aromatic amines is 1. The molecular formula is C20H19N5. The largest absolute Gasteiger partial charge is 0.310 e. The van der Waals surface area contributed by atoms with Gasteiger partial charge in [0.05, 0.1) is 0 Å². The predicted molar refractivity (Wildman–Crippen MR) is 96.3 cm³/mol. The fraction of sp³-hybridized carbons (Fsp3) is 0.250. The van der Waals surface area contributed by atoms with Crippen molar-refractivity contribution in [2.75, 3.05) is 13.1 Å². The topological polar surface area (TPSA) is 68.6 Å². The normalized spacial score (nSPS) is 19.8. The van der Waals surface area contributed by atoms with Gasteiger partial charge in [0, 0.05) is 24.6 Å². The van der Waals surface area contributed by atoms with E-state index >= 15 is 0 Å². The molecule has 0 amide bonds. The van der Waals surface area contributed by atoms with Gasteiger partial charge in [-0.25, -0.2) is 4.98 Å². The lowest BCUT2D eigenvalue weighted by atomic mass is 9.98. The Morgan fingerprint density at radius 1 is 1.04 bits per heavy atom. The van der Waals surface area contributed by atoms with Crippen LogP contribution in [0.5, 0.6) is 0 Å². The Bertz CT molecular complexity index is 909. The van der Waals surface area contributed by atoms with Crippen molar-refractivity contribution in [2.24, 2.45) is 5.92 Å². The molecule has 0 saturated carbocycles. The van der Waals surface area contributed by atoms with Crippen molar-refractivity contribution in [1.29, 1.82) is 5.26 Å². The Labute approximate surface area is 146 Å². The minimum absolute atomic E-state index is 0.221. The summed E-state index contributed by atoms with van der Waals surface area (Å²) in [5, 5.41) is 16.6. The van der Waals surface area contributed by atoms with Gasteiger partial charge in [-0.1, -0.05) is 55.5 Å². The molecule has 4 rings (SSSR count). The van der Waals surface area contributed by atoms with Crippen LogP contribution >= 0.6 is 0 Å². The van der Waals surface area contributed by atoms with Gasteiger partial charge in [-0.3, -0.25) is 5.10 Å². The number of rotatable bonds is 3. The lowest BCUT2D eigenvalue weighted by Gasteiger charge is -2.08. The second-order valence-corrected chi connectivity index (χ2v) is 6.58. The summed E-state index contributed by atoms with van der Waals surface area (Å²) in [5.41, 5.74) is 3.31. The molecule has 3 aromatic rings. The number of likely N-dealkylation sites (tertiary alicyclic amines) is 1. The van der Waals surface area contributed by atoms with Crippen LogP contribution in [0.3, 0.4) is 0 Å². The second-order valence-electron chi connectivity index (χ2n) is 6.58. The number of benzene rings is 2. The quantitative estimate of drug-likeness (QED) is 0.745. The van der Waals surface area contributed by atoms with E-state index in [4.69, 9.17) is 10.2 Å². The summed E-state index contributed by atoms with van der Waals surface area (Å²) in [7, 11) is 0. The van der Waals surface area contributed by atoms with E-state index in [1.165, 1.54) is 5.56 Å². The Morgan fingerprint density at radius 3 is 2.56 bits per heavy atom. The Balaban J connectivity index is 1.62. The van der Waals surface area contributed by atoms with Crippen LogP contribution in [0, 0.1) is 17.4 Å². The fourth-order valence-electron chi connectivity index (χ4n) is 3.44. The Kier molecular flexibility index (Phi) is 3.95. The molecule has 1 N–H and O–H groups in total. The minimum Gasteiger partial charge on any atom is -0.310 e. The third kappa shape index (κ3) is 2.99. The van der Waals surface area contributed by atoms with Crippen molar-refractivity contribution in [1.82, 2.24) is 20.1 Å². The number of nitrogens with one attached hydrogen (secondary N) is 1. The van der Waals surface area contributed by atoms with Crippen molar-refractivity contribution in [3.8, 4) is 28.7 Å². The third-order valence-electron chi connectivity index (χ3n) is 4.84. The third-order valence-corrected chi connectivity index (χ3v) is 4.84. The average Bonchev–Trinajstić information content (AvgIpc) is 3.29. The van der Waals surface area contributed by atoms with Gasteiger partial charge in [0.2, 0.25) is 0 Å². The zero-order valence-corrected chi connectivity index (χ0v) is 14.1. The second kappa shape index (κ2) is 6.40. The highest BCUT2D eigenvalue weighted by Gasteiger charge is 2.32. The van der Waals surface area contributed by atoms with Crippen molar-refractivity contribution in [3.05, 3.63) is 60.4 Å². The molecule has 1 aliphatic rings. The molecule has 1 aromatic heterocycles. The van der Waals surface area contributed by atoms with Crippen LogP contribution < -0.4 is 0 Å². The number of H-pyrrole nitrogens is 1. The van der Waals surface area contributed by atoms with Crippen molar-refractivity contribution >= 4 is 0 Å². The van der Waals surface area contributed by atoms with E-state index in [0.29, 0.717) is 18.3 Å². The Morgan fingerprint density at radius 2 is 1.80 bits per heavy atom. The van der Waals surface area contributed by atoms with Gasteiger partial charge in [-0.05, 0) is 23.1 Å². The molecule has 2 aromatic carbocycles. The van der Waals surface area contributed by atoms with Crippen LogP contribution in [-0.2, 0) is 0 Å². The van der Waals surface area contributed by atoms with Gasteiger partial charge in [0.1, 0.15) is 5.82 Å². The summed E-state index contributed by atoms with van der Waals surface area (Å²) in [6.45, 7) is 3.64. The first-order valence-corrected chi connectivity index (χ1v) is 8.47. The number of aromatic nitrogens is 3. The number of hydrogen-bond donors (Lipinski definition) is 1. The number of nitrogens with zero attached hydrogens (tertiary/aromatic N) is 4. The van der Waals surface area contributed by atoms with Crippen LogP contribution in [0.2, 0.25) is 0 Å². The predicted octanol–water partition coefficient (Wildman–Crippen LogP) is 3.66. The Hall–Kier alpha value is -3.13. The van der Waals surface area contributed by atoms with Crippen LogP contribution in [0.25, 0.3) is 22.5 Å². The average molecular weight is 329 g/mol. The molecule has 25 heavy (non-hydrogen) atoms. The van der Waals surface area contributed by atoms with Gasteiger partial charge >= 0.3 is 0 Å². The van der Waals surface area contributed by atoms with Crippen molar-refractivity contribution in [3.63, 3.8) is 0 Å². The first-order chi connectivity index (χ1) is 12.2. The summed E-state index contributed by atoms with van der Waals surface area (Å²) < 4.78 is 0. The molecule has 124 valence electrons. The first kappa shape index (κ1) is 15.4. The van der Waals surface area contributed by atoms with E-state index < -0.39 is 0 Å². The highest BCUT2D eigenvalue weighted by atomic mass is 15.2. The molecule has 2 heterocycles. The number of nitriles is 1. The van der Waals surface area contributed by atoms with Gasteiger partial charge < -0.3 is 4.90 Å². The summed E-state index contributed by atoms with van der Waals surface area (Å²) in [4.78, 5) is 6.50. The zero-order valence-electron chi connectivity index (χ0n) is 14.1. The van der Waals surface area contributed by atoms with E-state index in [9.17, 15) is 0 Å². The molecule has 0 radical (unpaired) electrons. The number of hydrogen-bond acceptors (Lipinski definition) is 4. The van der Waals surface area contributed by atoms with Crippen LogP contribution in [0.1, 0.15) is 18.7 Å². The minimum atomic E-state index is 0.221. The van der Waals surface area contributed by atoms with Gasteiger partial charge in [-0.2, -0.15) is 10.4 Å². The highest BCUT2D eigenvalue weighted by Crippen LogP contribution is 2.31. The van der Waals surface area contributed by atoms with Crippen molar-refractivity contribution < 1.29 is 0 Å². The van der Waals surface area contributed by atoms with Gasteiger partial charge in [0.15, 0.2) is 12.0 Å². The maximum atomic E-state index is 9.10. The van der Waals surface area contributed by atoms with E-state index in [-0.39, 0.29) is 5.92 Å². The maximum Gasteiger partial charge on any atom is 0.181 e. The van der Waals surface area contributed by atoms with Crippen LogP contribution in [0.4, 0.5) is 0 Å². The summed E-state index contributed by atoms with van der Waals surface area (Å²) in [5.74, 6) is 2.18. The first-order valence-electron chi connectivity index (χ1n) is 8.47. The molecule has 5 nitrogen and oxygen atoms in total. The molecule has 0 spiro atoms. The smallest absolute Gasteiger partial charge is 0.181 e. The van der Waals surface area contributed by atoms with E-state index in [1.807, 2.05) is 30.3 Å². The SMILES string of the molecule is C[C@H]1CN(C#N)C[C@@H]1c1nc(-c2cccc(-c3ccccc3)c2)n[nH]1. The molecule has 1 fully saturated rings. The molecule has 2 atom stereocenters. The van der Waals surface area contributed by atoms with E-state index in [1.54, 1.807) is 4.90 Å². The standard InChI is InChI=1S/C20H19N5/c1-14-11-25(13-21)12-18(14)20-22-19(23-24-20)17-9-5-8-16(10-17)15-6-3-2-4-7-15/h2-10,14,18H,11-12H2,1H3,(H,22,23,24)/t14-,18-/m0/s1. The summed E-state index contributed by atoms with van der Waals surface area (Å²) in [6.07, 6.45) is 2.23. The molecule has 5 heteroatoms. The van der Waals surface area contributed by atoms with Gasteiger partial charge in [-0.15, -0.1) is 0 Å². The molecule has 0 aliphatic carbocycles. The molecule has 0 unspecified atom stereocenters. The molecule has 1 aliphatic heterocycles.